The number of nitrogens with zero attached hydrogens (tertiary/aromatic N) is 1. The molecular formula is C14H24N4O4. The molecule has 0 bridgehead atoms. The van der Waals surface area contributed by atoms with Crippen LogP contribution in [0.15, 0.2) is 0 Å². The first-order valence-corrected chi connectivity index (χ1v) is 7.64. The highest BCUT2D eigenvalue weighted by molar-refractivity contribution is 6.01. The van der Waals surface area contributed by atoms with Gasteiger partial charge in [-0.15, -0.1) is 0 Å². The molecule has 0 unspecified atom stereocenters. The summed E-state index contributed by atoms with van der Waals surface area (Å²) in [6, 6.07) is 0. The topological polar surface area (TPSA) is 125 Å². The summed E-state index contributed by atoms with van der Waals surface area (Å²) in [5, 5.41) is 16.0. The first-order valence-electron chi connectivity index (χ1n) is 7.64. The number of hydrogen-bond donors (Lipinski definition) is 4. The van der Waals surface area contributed by atoms with Crippen molar-refractivity contribution in [3.63, 3.8) is 0 Å². The van der Waals surface area contributed by atoms with Gasteiger partial charge >= 0.3 is 0 Å². The largest absolute Gasteiger partial charge is 0.389 e. The Morgan fingerprint density at radius 3 is 1.95 bits per heavy atom. The Bertz CT molecular complexity index is 416. The zero-order chi connectivity index (χ0) is 16.3. The Balaban J connectivity index is 2.32. The molecule has 0 aromatic heterocycles. The van der Waals surface area contributed by atoms with Crippen LogP contribution < -0.4 is 16.4 Å². The van der Waals surface area contributed by atoms with Crippen LogP contribution in [0.5, 0.6) is 0 Å². The first kappa shape index (κ1) is 17.0. The third-order valence-electron chi connectivity index (χ3n) is 4.51. The molecule has 2 saturated heterocycles. The number of hydrogen-bond acceptors (Lipinski definition) is 7. The summed E-state index contributed by atoms with van der Waals surface area (Å²) in [7, 11) is 0. The molecule has 8 heteroatoms. The maximum atomic E-state index is 12.7. The summed E-state index contributed by atoms with van der Waals surface area (Å²) in [6.45, 7) is 3.55. The van der Waals surface area contributed by atoms with E-state index in [0.29, 0.717) is 39.0 Å². The molecule has 22 heavy (non-hydrogen) atoms. The van der Waals surface area contributed by atoms with Gasteiger partial charge in [-0.3, -0.25) is 25.0 Å². The van der Waals surface area contributed by atoms with Gasteiger partial charge in [-0.1, -0.05) is 0 Å². The second-order valence-electron chi connectivity index (χ2n) is 6.07. The fourth-order valence-corrected chi connectivity index (χ4v) is 2.92. The van der Waals surface area contributed by atoms with Gasteiger partial charge in [-0.25, -0.2) is 0 Å². The van der Waals surface area contributed by atoms with E-state index in [1.54, 1.807) is 0 Å². The molecule has 5 N–H and O–H groups in total. The van der Waals surface area contributed by atoms with Crippen molar-refractivity contribution < 1.29 is 19.5 Å². The second kappa shape index (κ2) is 6.82. The highest BCUT2D eigenvalue weighted by atomic mass is 16.3. The molecule has 0 saturated carbocycles. The number of aldehydes is 1. The molecule has 2 fully saturated rings. The van der Waals surface area contributed by atoms with Crippen molar-refractivity contribution in [3.8, 4) is 0 Å². The standard InChI is InChI=1S/C14H24N4O4/c1-9(20)14(15,8-19)18(12(21)10-2-4-16-6-10)13(22)11-3-5-17-7-11/h8-11,16-17,20H,2-7,15H2,1H3/t9-,10+,11+,14-/m1/s1. The predicted molar refractivity (Wildman–Crippen MR) is 78.5 cm³/mol. The summed E-state index contributed by atoms with van der Waals surface area (Å²) in [6.07, 6.45) is 0.111. The van der Waals surface area contributed by atoms with Gasteiger partial charge in [-0.05, 0) is 32.9 Å². The first-order chi connectivity index (χ1) is 10.4. The average molecular weight is 312 g/mol. The molecule has 2 amide bonds. The highest BCUT2D eigenvalue weighted by Crippen LogP contribution is 2.23. The minimum Gasteiger partial charge on any atom is -0.389 e. The normalized spacial score (nSPS) is 28.9. The maximum absolute atomic E-state index is 12.7. The van der Waals surface area contributed by atoms with Crippen molar-refractivity contribution in [3.05, 3.63) is 0 Å². The van der Waals surface area contributed by atoms with Gasteiger partial charge in [0, 0.05) is 13.1 Å². The molecule has 0 radical (unpaired) electrons. The SMILES string of the molecule is C[C@@H](O)[C@@](N)(C=O)N(C(=O)[C@H]1CCNC1)C(=O)[C@H]1CCNC1. The summed E-state index contributed by atoms with van der Waals surface area (Å²) >= 11 is 0. The van der Waals surface area contributed by atoms with Gasteiger partial charge in [0.25, 0.3) is 0 Å². The van der Waals surface area contributed by atoms with Crippen molar-refractivity contribution in [2.24, 2.45) is 17.6 Å². The van der Waals surface area contributed by atoms with Crippen LogP contribution in [0, 0.1) is 11.8 Å². The molecule has 2 aliphatic heterocycles. The van der Waals surface area contributed by atoms with E-state index in [1.165, 1.54) is 6.92 Å². The molecule has 0 aromatic carbocycles. The van der Waals surface area contributed by atoms with Gasteiger partial charge in [0.2, 0.25) is 11.8 Å². The second-order valence-corrected chi connectivity index (χ2v) is 6.07. The Labute approximate surface area is 129 Å². The van der Waals surface area contributed by atoms with E-state index in [9.17, 15) is 19.5 Å². The van der Waals surface area contributed by atoms with Crippen LogP contribution in [0.1, 0.15) is 19.8 Å². The molecule has 2 aliphatic rings. The minimum atomic E-state index is -2.03. The Morgan fingerprint density at radius 1 is 1.23 bits per heavy atom. The lowest BCUT2D eigenvalue weighted by atomic mass is 9.96. The summed E-state index contributed by atoms with van der Waals surface area (Å²) in [5.41, 5.74) is 3.92. The van der Waals surface area contributed by atoms with E-state index in [1.807, 2.05) is 0 Å². The van der Waals surface area contributed by atoms with Gasteiger partial charge in [0.05, 0.1) is 17.9 Å². The number of imide groups is 1. The number of nitrogens with two attached hydrogens (primary N) is 1. The van der Waals surface area contributed by atoms with Crippen molar-refractivity contribution in [2.75, 3.05) is 26.2 Å². The quantitative estimate of drug-likeness (QED) is 0.258. The lowest BCUT2D eigenvalue weighted by molar-refractivity contribution is -0.164. The van der Waals surface area contributed by atoms with Crippen LogP contribution in [-0.4, -0.2) is 66.1 Å². The van der Waals surface area contributed by atoms with Gasteiger partial charge < -0.3 is 15.7 Å². The third-order valence-corrected chi connectivity index (χ3v) is 4.51. The van der Waals surface area contributed by atoms with Crippen LogP contribution in [0.2, 0.25) is 0 Å². The summed E-state index contributed by atoms with van der Waals surface area (Å²) in [4.78, 5) is 37.8. The van der Waals surface area contributed by atoms with Crippen LogP contribution in [0.4, 0.5) is 0 Å². The van der Waals surface area contributed by atoms with E-state index in [4.69, 9.17) is 5.73 Å². The molecule has 8 nitrogen and oxygen atoms in total. The lowest BCUT2D eigenvalue weighted by Gasteiger charge is -2.39. The van der Waals surface area contributed by atoms with Crippen molar-refractivity contribution in [1.82, 2.24) is 15.5 Å². The van der Waals surface area contributed by atoms with E-state index in [2.05, 4.69) is 10.6 Å². The van der Waals surface area contributed by atoms with Crippen molar-refractivity contribution >= 4 is 18.1 Å². The molecule has 0 spiro atoms. The zero-order valence-electron chi connectivity index (χ0n) is 12.7. The van der Waals surface area contributed by atoms with Crippen molar-refractivity contribution in [2.45, 2.75) is 31.5 Å². The third kappa shape index (κ3) is 3.05. The van der Waals surface area contributed by atoms with Crippen molar-refractivity contribution in [1.29, 1.82) is 0 Å². The van der Waals surface area contributed by atoms with E-state index < -0.39 is 35.4 Å². The number of aliphatic hydroxyl groups excluding tert-OH is 1. The molecule has 124 valence electrons. The number of carbonyl (C=O) groups excluding carboxylic acids is 3. The van der Waals surface area contributed by atoms with Crippen LogP contribution in [-0.2, 0) is 14.4 Å². The van der Waals surface area contributed by atoms with Crippen LogP contribution in [0.25, 0.3) is 0 Å². The lowest BCUT2D eigenvalue weighted by Crippen LogP contribution is -2.69. The minimum absolute atomic E-state index is 0.290. The number of carbonyl (C=O) groups is 3. The van der Waals surface area contributed by atoms with Crippen LogP contribution >= 0.6 is 0 Å². The summed E-state index contributed by atoms with van der Waals surface area (Å²) in [5.74, 6) is -1.78. The van der Waals surface area contributed by atoms with Gasteiger partial charge in [0.15, 0.2) is 11.9 Å². The Hall–Kier alpha value is -1.35. The van der Waals surface area contributed by atoms with Gasteiger partial charge in [0.1, 0.15) is 0 Å². The van der Waals surface area contributed by atoms with Gasteiger partial charge in [-0.2, -0.15) is 0 Å². The predicted octanol–water partition coefficient (Wildman–Crippen LogP) is -2.20. The maximum Gasteiger partial charge on any atom is 0.235 e. The van der Waals surface area contributed by atoms with E-state index >= 15 is 0 Å². The average Bonchev–Trinajstić information content (AvgIpc) is 3.19. The van der Waals surface area contributed by atoms with E-state index in [0.717, 1.165) is 4.90 Å². The van der Waals surface area contributed by atoms with E-state index in [-0.39, 0.29) is 6.29 Å². The molecule has 0 aromatic rings. The molecule has 2 rings (SSSR count). The molecule has 4 atom stereocenters. The molecule has 0 aliphatic carbocycles. The highest BCUT2D eigenvalue weighted by Gasteiger charge is 2.48. The zero-order valence-corrected chi connectivity index (χ0v) is 12.7. The van der Waals surface area contributed by atoms with Crippen LogP contribution in [0.3, 0.4) is 0 Å². The number of rotatable bonds is 5. The fraction of sp³-hybridized carbons (Fsp3) is 0.786. The summed E-state index contributed by atoms with van der Waals surface area (Å²) < 4.78 is 0. The monoisotopic (exact) mass is 312 g/mol. The fourth-order valence-electron chi connectivity index (χ4n) is 2.92. The molecular weight excluding hydrogens is 288 g/mol. The number of nitrogens with one attached hydrogen (secondary N) is 2. The molecule has 2 heterocycles. The number of amides is 2. The smallest absolute Gasteiger partial charge is 0.235 e. The Kier molecular flexibility index (Phi) is 5.28. The number of aliphatic hydroxyl groups is 1. The Morgan fingerprint density at radius 2 is 1.68 bits per heavy atom.